The Morgan fingerprint density at radius 1 is 0.524 bits per heavy atom. The highest BCUT2D eigenvalue weighted by Crippen LogP contribution is 2.30. The van der Waals surface area contributed by atoms with Crippen molar-refractivity contribution in [1.82, 2.24) is 0 Å². The number of halogens is 1. The van der Waals surface area contributed by atoms with Crippen LogP contribution in [0.3, 0.4) is 0 Å². The van der Waals surface area contributed by atoms with Crippen molar-refractivity contribution >= 4 is 51.1 Å². The van der Waals surface area contributed by atoms with E-state index in [1.165, 1.54) is 12.1 Å². The number of aryl methyl sites for hydroxylation is 2. The maximum atomic E-state index is 13.2. The number of phenolic OH excluding ortho intramolecular Hbond substituents is 1. The standard InChI is InChI=1S/C27H28BrNO4.C25H25NO4/c1-18-16-21(32-15-14-28)11-13-22(18)25(30)29-24-17-20(19-8-6-5-7-9-19)10-12-23(24)26(31)33-27(2,3)4;1-16-14-19(27)11-13-20(16)23(28)26-22-15-18(17-8-6-5-7-9-17)10-12-21(22)24(29)30-25(2,3)4/h5-13,16-17H,14-15H2,1-4H3,(H,29,30);5-15,27H,1-4H3,(H,26,28). The third-order valence-corrected chi connectivity index (χ3v) is 9.55. The van der Waals surface area contributed by atoms with Gasteiger partial charge in [-0.1, -0.05) is 88.7 Å². The Hall–Kier alpha value is -6.72. The Morgan fingerprint density at radius 2 is 0.937 bits per heavy atom. The molecule has 0 aliphatic carbocycles. The van der Waals surface area contributed by atoms with Crippen molar-refractivity contribution in [1.29, 1.82) is 0 Å². The summed E-state index contributed by atoms with van der Waals surface area (Å²) < 4.78 is 16.7. The van der Waals surface area contributed by atoms with Crippen LogP contribution in [0.15, 0.2) is 133 Å². The van der Waals surface area contributed by atoms with Crippen LogP contribution in [0, 0.1) is 13.8 Å². The van der Waals surface area contributed by atoms with E-state index in [4.69, 9.17) is 14.2 Å². The van der Waals surface area contributed by atoms with Gasteiger partial charge in [0, 0.05) is 16.5 Å². The maximum absolute atomic E-state index is 13.2. The summed E-state index contributed by atoms with van der Waals surface area (Å²) in [5.41, 5.74) is 6.02. The molecule has 3 N–H and O–H groups in total. The summed E-state index contributed by atoms with van der Waals surface area (Å²) in [6, 6.07) is 39.9. The molecule has 0 spiro atoms. The quantitative estimate of drug-likeness (QED) is 0.0862. The van der Waals surface area contributed by atoms with Crippen molar-refractivity contribution in [3.05, 3.63) is 167 Å². The van der Waals surface area contributed by atoms with Gasteiger partial charge in [0.15, 0.2) is 0 Å². The lowest BCUT2D eigenvalue weighted by molar-refractivity contribution is 0.00580. The summed E-state index contributed by atoms with van der Waals surface area (Å²) in [5, 5.41) is 16.1. The van der Waals surface area contributed by atoms with E-state index < -0.39 is 23.1 Å². The average molecular weight is 914 g/mol. The van der Waals surface area contributed by atoms with Crippen molar-refractivity contribution in [3.63, 3.8) is 0 Å². The van der Waals surface area contributed by atoms with Gasteiger partial charge in [0.2, 0.25) is 0 Å². The molecule has 326 valence electrons. The number of hydrogen-bond acceptors (Lipinski definition) is 8. The fourth-order valence-corrected chi connectivity index (χ4v) is 6.52. The van der Waals surface area contributed by atoms with Crippen molar-refractivity contribution in [2.45, 2.75) is 66.6 Å². The second-order valence-electron chi connectivity index (χ2n) is 16.7. The van der Waals surface area contributed by atoms with Crippen LogP contribution >= 0.6 is 15.9 Å². The van der Waals surface area contributed by atoms with Crippen LogP contribution in [0.2, 0.25) is 0 Å². The number of carbonyl (C=O) groups is 4. The molecule has 0 bridgehead atoms. The van der Waals surface area contributed by atoms with E-state index in [0.29, 0.717) is 46.0 Å². The van der Waals surface area contributed by atoms with Crippen LogP contribution in [-0.2, 0) is 9.47 Å². The minimum absolute atomic E-state index is 0.0876. The molecule has 0 aliphatic rings. The van der Waals surface area contributed by atoms with E-state index in [2.05, 4.69) is 26.6 Å². The molecule has 0 radical (unpaired) electrons. The molecule has 6 aromatic carbocycles. The van der Waals surface area contributed by atoms with Crippen LogP contribution in [0.4, 0.5) is 11.4 Å². The largest absolute Gasteiger partial charge is 0.508 e. The fourth-order valence-electron chi connectivity index (χ4n) is 6.36. The summed E-state index contributed by atoms with van der Waals surface area (Å²) in [4.78, 5) is 51.7. The molecular formula is C52H53BrN2O8. The number of benzene rings is 6. The first-order chi connectivity index (χ1) is 29.8. The number of alkyl halides is 1. The van der Waals surface area contributed by atoms with E-state index in [9.17, 15) is 24.3 Å². The third kappa shape index (κ3) is 13.6. The second kappa shape index (κ2) is 20.9. The van der Waals surface area contributed by atoms with Gasteiger partial charge in [-0.25, -0.2) is 9.59 Å². The number of carbonyl (C=O) groups excluding carboxylic acids is 4. The molecule has 0 heterocycles. The molecule has 2 amide bonds. The molecule has 0 saturated carbocycles. The molecule has 0 aromatic heterocycles. The first-order valence-corrected chi connectivity index (χ1v) is 21.5. The average Bonchev–Trinajstić information content (AvgIpc) is 3.22. The number of hydrogen-bond donors (Lipinski definition) is 3. The molecule has 11 heteroatoms. The summed E-state index contributed by atoms with van der Waals surface area (Å²) in [6.07, 6.45) is 0. The molecule has 0 fully saturated rings. The van der Waals surface area contributed by atoms with Crippen LogP contribution in [0.1, 0.15) is 94.1 Å². The van der Waals surface area contributed by atoms with Crippen molar-refractivity contribution < 1.29 is 38.5 Å². The van der Waals surface area contributed by atoms with Gasteiger partial charge in [-0.3, -0.25) is 9.59 Å². The lowest BCUT2D eigenvalue weighted by Crippen LogP contribution is -2.25. The normalized spacial score (nSPS) is 11.1. The van der Waals surface area contributed by atoms with E-state index in [1.807, 2.05) is 107 Å². The molecule has 6 rings (SSSR count). The Labute approximate surface area is 377 Å². The second-order valence-corrected chi connectivity index (χ2v) is 17.5. The Kier molecular flexibility index (Phi) is 15.7. The van der Waals surface area contributed by atoms with Gasteiger partial charge in [-0.05, 0) is 149 Å². The minimum Gasteiger partial charge on any atom is -0.508 e. The molecule has 10 nitrogen and oxygen atoms in total. The lowest BCUT2D eigenvalue weighted by atomic mass is 10.0. The molecule has 0 unspecified atom stereocenters. The van der Waals surface area contributed by atoms with Gasteiger partial charge in [-0.2, -0.15) is 0 Å². The van der Waals surface area contributed by atoms with Crippen LogP contribution < -0.4 is 15.4 Å². The molecule has 0 saturated heterocycles. The van der Waals surface area contributed by atoms with E-state index in [-0.39, 0.29) is 23.1 Å². The molecule has 0 atom stereocenters. The SMILES string of the molecule is Cc1cc(O)ccc1C(=O)Nc1cc(-c2ccccc2)ccc1C(=O)OC(C)(C)C.Cc1cc(OCCBr)ccc1C(=O)Nc1cc(-c2ccccc2)ccc1C(=O)OC(C)(C)C. The number of aromatic hydroxyl groups is 1. The number of rotatable bonds is 11. The zero-order valence-corrected chi connectivity index (χ0v) is 38.4. The number of phenols is 1. The highest BCUT2D eigenvalue weighted by atomic mass is 79.9. The number of amides is 2. The maximum Gasteiger partial charge on any atom is 0.340 e. The topological polar surface area (TPSA) is 140 Å². The van der Waals surface area contributed by atoms with Gasteiger partial charge >= 0.3 is 11.9 Å². The predicted octanol–water partition coefficient (Wildman–Crippen LogP) is 12.2. The molecular weight excluding hydrogens is 860 g/mol. The first kappa shape index (κ1) is 47.3. The Morgan fingerprint density at radius 3 is 1.33 bits per heavy atom. The van der Waals surface area contributed by atoms with Crippen LogP contribution in [0.5, 0.6) is 11.5 Å². The van der Waals surface area contributed by atoms with Gasteiger partial charge in [-0.15, -0.1) is 0 Å². The number of ether oxygens (including phenoxy) is 3. The van der Waals surface area contributed by atoms with Crippen molar-refractivity contribution in [2.24, 2.45) is 0 Å². The Balaban J connectivity index is 0.000000239. The van der Waals surface area contributed by atoms with E-state index in [0.717, 1.165) is 33.1 Å². The summed E-state index contributed by atoms with van der Waals surface area (Å²) in [6.45, 7) is 14.9. The molecule has 0 aliphatic heterocycles. The highest BCUT2D eigenvalue weighted by Gasteiger charge is 2.24. The summed E-state index contributed by atoms with van der Waals surface area (Å²) in [7, 11) is 0. The zero-order chi connectivity index (χ0) is 45.9. The van der Waals surface area contributed by atoms with E-state index in [1.54, 1.807) is 70.2 Å². The smallest absolute Gasteiger partial charge is 0.340 e. The van der Waals surface area contributed by atoms with Gasteiger partial charge in [0.25, 0.3) is 11.8 Å². The molecule has 6 aromatic rings. The first-order valence-electron chi connectivity index (χ1n) is 20.4. The van der Waals surface area contributed by atoms with E-state index >= 15 is 0 Å². The zero-order valence-electron chi connectivity index (χ0n) is 36.8. The number of nitrogens with one attached hydrogen (secondary N) is 2. The monoisotopic (exact) mass is 912 g/mol. The Bertz CT molecular complexity index is 2580. The van der Waals surface area contributed by atoms with Crippen LogP contribution in [0.25, 0.3) is 22.3 Å². The minimum atomic E-state index is -0.663. The van der Waals surface area contributed by atoms with Crippen LogP contribution in [-0.4, -0.2) is 52.0 Å². The lowest BCUT2D eigenvalue weighted by Gasteiger charge is -2.21. The van der Waals surface area contributed by atoms with Gasteiger partial charge in [0.05, 0.1) is 29.1 Å². The van der Waals surface area contributed by atoms with Crippen molar-refractivity contribution in [2.75, 3.05) is 22.6 Å². The van der Waals surface area contributed by atoms with Gasteiger partial charge in [0.1, 0.15) is 22.7 Å². The fraction of sp³-hybridized carbons (Fsp3) is 0.231. The summed E-state index contributed by atoms with van der Waals surface area (Å²) >= 11 is 3.33. The number of anilines is 2. The summed E-state index contributed by atoms with van der Waals surface area (Å²) in [5.74, 6) is -0.904. The van der Waals surface area contributed by atoms with Crippen molar-refractivity contribution in [3.8, 4) is 33.8 Å². The third-order valence-electron chi connectivity index (χ3n) is 9.23. The van der Waals surface area contributed by atoms with Gasteiger partial charge < -0.3 is 30.0 Å². The highest BCUT2D eigenvalue weighted by molar-refractivity contribution is 9.09. The number of esters is 2. The molecule has 63 heavy (non-hydrogen) atoms. The predicted molar refractivity (Wildman–Crippen MR) is 253 cm³/mol.